The molecule has 2 rings (SSSR count). The van der Waals surface area contributed by atoms with Gasteiger partial charge in [0.1, 0.15) is 0 Å². The second-order valence-corrected chi connectivity index (χ2v) is 7.75. The van der Waals surface area contributed by atoms with Crippen LogP contribution in [-0.2, 0) is 9.47 Å². The van der Waals surface area contributed by atoms with Gasteiger partial charge >= 0.3 is 5.97 Å². The lowest BCUT2D eigenvalue weighted by molar-refractivity contribution is 0.0474. The van der Waals surface area contributed by atoms with Crippen molar-refractivity contribution in [3.8, 4) is 0 Å². The average Bonchev–Trinajstić information content (AvgIpc) is 3.03. The Labute approximate surface area is 152 Å². The minimum atomic E-state index is -0.447. The van der Waals surface area contributed by atoms with E-state index >= 15 is 0 Å². The fraction of sp³-hybridized carbons (Fsp3) is 0.474. The van der Waals surface area contributed by atoms with Crippen LogP contribution >= 0.6 is 11.3 Å². The van der Waals surface area contributed by atoms with Crippen LogP contribution in [-0.4, -0.2) is 36.6 Å². The summed E-state index contributed by atoms with van der Waals surface area (Å²) in [6.45, 7) is 10.0. The first kappa shape index (κ1) is 19.4. The number of carbonyl (C=O) groups excluding carboxylic acids is 2. The zero-order chi connectivity index (χ0) is 18.7. The van der Waals surface area contributed by atoms with Gasteiger partial charge in [-0.25, -0.2) is 4.79 Å². The molecule has 0 fully saturated rings. The molecule has 0 aliphatic carbocycles. The van der Waals surface area contributed by atoms with Crippen molar-refractivity contribution in [2.24, 2.45) is 0 Å². The third-order valence-electron chi connectivity index (χ3n) is 4.23. The number of ether oxygens (including phenoxy) is 2. The van der Waals surface area contributed by atoms with E-state index in [4.69, 9.17) is 9.47 Å². The van der Waals surface area contributed by atoms with Gasteiger partial charge in [-0.2, -0.15) is 0 Å². The normalized spacial score (nSPS) is 12.2. The second-order valence-electron chi connectivity index (χ2n) is 6.29. The van der Waals surface area contributed by atoms with E-state index in [1.54, 1.807) is 24.5 Å². The van der Waals surface area contributed by atoms with Crippen LogP contribution in [0.5, 0.6) is 0 Å². The maximum atomic E-state index is 12.5. The third-order valence-corrected chi connectivity index (χ3v) is 5.19. The number of methoxy groups -OCH3 is 1. The molecule has 0 unspecified atom stereocenters. The van der Waals surface area contributed by atoms with Crippen molar-refractivity contribution in [1.29, 1.82) is 0 Å². The Kier molecular flexibility index (Phi) is 6.19. The largest absolute Gasteiger partial charge is 0.454 e. The highest BCUT2D eigenvalue weighted by Crippen LogP contribution is 2.23. The maximum absolute atomic E-state index is 12.5. The molecule has 25 heavy (non-hydrogen) atoms. The van der Waals surface area contributed by atoms with Gasteiger partial charge in [0.15, 0.2) is 6.61 Å². The number of hydrogen-bond donors (Lipinski definition) is 0. The molecule has 0 spiro atoms. The summed E-state index contributed by atoms with van der Waals surface area (Å²) >= 11 is 1.54. The topological polar surface area (TPSA) is 57.5 Å². The first-order chi connectivity index (χ1) is 11.8. The SMILES string of the molecule is COC[C@@H](C)n1c(C)cc(C(=O)COC(=O)c2cc(C)sc2C)c1C. The predicted octanol–water partition coefficient (Wildman–Crippen LogP) is 4.03. The maximum Gasteiger partial charge on any atom is 0.339 e. The van der Waals surface area contributed by atoms with Crippen LogP contribution in [0.4, 0.5) is 0 Å². The number of nitrogens with zero attached hydrogens (tertiary/aromatic N) is 1. The molecule has 0 saturated carbocycles. The van der Waals surface area contributed by atoms with Gasteiger partial charge in [-0.3, -0.25) is 4.79 Å². The van der Waals surface area contributed by atoms with Gasteiger partial charge in [-0.15, -0.1) is 11.3 Å². The summed E-state index contributed by atoms with van der Waals surface area (Å²) in [6, 6.07) is 3.77. The molecule has 0 aliphatic heterocycles. The number of esters is 1. The number of ketones is 1. The summed E-state index contributed by atoms with van der Waals surface area (Å²) in [5.41, 5.74) is 2.98. The highest BCUT2D eigenvalue weighted by atomic mass is 32.1. The van der Waals surface area contributed by atoms with Gasteiger partial charge in [-0.05, 0) is 46.8 Å². The van der Waals surface area contributed by atoms with Crippen LogP contribution in [0.2, 0.25) is 0 Å². The molecule has 136 valence electrons. The van der Waals surface area contributed by atoms with Crippen molar-refractivity contribution in [3.63, 3.8) is 0 Å². The number of Topliss-reactive ketones (excluding diaryl/α,β-unsaturated/α-hetero) is 1. The summed E-state index contributed by atoms with van der Waals surface area (Å²) in [4.78, 5) is 26.6. The molecular formula is C19H25NO4S. The van der Waals surface area contributed by atoms with Crippen LogP contribution in [0.1, 0.15) is 54.8 Å². The Morgan fingerprint density at radius 2 is 1.84 bits per heavy atom. The van der Waals surface area contributed by atoms with E-state index in [0.717, 1.165) is 21.1 Å². The van der Waals surface area contributed by atoms with Crippen LogP contribution < -0.4 is 0 Å². The molecule has 0 N–H and O–H groups in total. The van der Waals surface area contributed by atoms with E-state index in [9.17, 15) is 9.59 Å². The Hall–Kier alpha value is -1.92. The smallest absolute Gasteiger partial charge is 0.339 e. The molecule has 1 atom stereocenters. The molecule has 0 aliphatic rings. The molecule has 0 saturated heterocycles. The van der Waals surface area contributed by atoms with E-state index in [1.165, 1.54) is 0 Å². The number of hydrogen-bond acceptors (Lipinski definition) is 5. The van der Waals surface area contributed by atoms with E-state index in [1.807, 2.05) is 40.7 Å². The quantitative estimate of drug-likeness (QED) is 0.550. The fourth-order valence-electron chi connectivity index (χ4n) is 3.17. The van der Waals surface area contributed by atoms with Crippen LogP contribution in [0.15, 0.2) is 12.1 Å². The standard InChI is InChI=1S/C19H25NO4S/c1-11-7-16(14(4)20(11)12(2)9-23-6)18(21)10-24-19(22)17-8-13(3)25-15(17)5/h7-8,12H,9-10H2,1-6H3/t12-/m1/s1. The minimum Gasteiger partial charge on any atom is -0.454 e. The number of thiophene rings is 1. The summed E-state index contributed by atoms with van der Waals surface area (Å²) in [5.74, 6) is -0.640. The molecule has 6 heteroatoms. The molecule has 0 radical (unpaired) electrons. The van der Waals surface area contributed by atoms with Crippen molar-refractivity contribution in [1.82, 2.24) is 4.57 Å². The summed E-state index contributed by atoms with van der Waals surface area (Å²) in [5, 5.41) is 0. The molecule has 2 aromatic heterocycles. The number of aryl methyl sites for hydroxylation is 3. The first-order valence-corrected chi connectivity index (χ1v) is 9.02. The van der Waals surface area contributed by atoms with Crippen molar-refractivity contribution in [2.75, 3.05) is 20.3 Å². The zero-order valence-electron chi connectivity index (χ0n) is 15.6. The minimum absolute atomic E-state index is 0.130. The molecule has 2 aromatic rings. The van der Waals surface area contributed by atoms with Gasteiger partial charge < -0.3 is 14.0 Å². The molecular weight excluding hydrogens is 338 g/mol. The lowest BCUT2D eigenvalue weighted by Crippen LogP contribution is -2.17. The van der Waals surface area contributed by atoms with Gasteiger partial charge in [0.2, 0.25) is 5.78 Å². The Bertz CT molecular complexity index is 788. The van der Waals surface area contributed by atoms with Gasteiger partial charge in [0, 0.05) is 33.8 Å². The average molecular weight is 363 g/mol. The number of aromatic nitrogens is 1. The molecule has 0 amide bonds. The summed E-state index contributed by atoms with van der Waals surface area (Å²) in [6.07, 6.45) is 0. The third kappa shape index (κ3) is 4.19. The number of rotatable bonds is 7. The predicted molar refractivity (Wildman–Crippen MR) is 98.9 cm³/mol. The van der Waals surface area contributed by atoms with Crippen molar-refractivity contribution in [3.05, 3.63) is 44.4 Å². The fourth-order valence-corrected chi connectivity index (χ4v) is 4.09. The van der Waals surface area contributed by atoms with Crippen molar-refractivity contribution < 1.29 is 19.1 Å². The Morgan fingerprint density at radius 3 is 2.40 bits per heavy atom. The Morgan fingerprint density at radius 1 is 1.16 bits per heavy atom. The molecule has 2 heterocycles. The highest BCUT2D eigenvalue weighted by Gasteiger charge is 2.21. The monoisotopic (exact) mass is 363 g/mol. The molecule has 5 nitrogen and oxygen atoms in total. The molecule has 0 bridgehead atoms. The van der Waals surface area contributed by atoms with Crippen molar-refractivity contribution >= 4 is 23.1 Å². The zero-order valence-corrected chi connectivity index (χ0v) is 16.5. The molecule has 0 aromatic carbocycles. The van der Waals surface area contributed by atoms with Crippen LogP contribution in [0, 0.1) is 27.7 Å². The second kappa shape index (κ2) is 7.97. The van der Waals surface area contributed by atoms with Crippen molar-refractivity contribution in [2.45, 2.75) is 40.7 Å². The number of carbonyl (C=O) groups is 2. The lowest BCUT2D eigenvalue weighted by Gasteiger charge is -2.17. The van der Waals surface area contributed by atoms with E-state index in [0.29, 0.717) is 17.7 Å². The van der Waals surface area contributed by atoms with Gasteiger partial charge in [0.05, 0.1) is 18.2 Å². The lowest BCUT2D eigenvalue weighted by atomic mass is 10.1. The van der Waals surface area contributed by atoms with Crippen LogP contribution in [0.25, 0.3) is 0 Å². The first-order valence-electron chi connectivity index (χ1n) is 8.21. The van der Waals surface area contributed by atoms with Gasteiger partial charge in [-0.1, -0.05) is 0 Å². The highest BCUT2D eigenvalue weighted by molar-refractivity contribution is 7.12. The van der Waals surface area contributed by atoms with E-state index in [2.05, 4.69) is 4.57 Å². The summed E-state index contributed by atoms with van der Waals surface area (Å²) < 4.78 is 12.5. The van der Waals surface area contributed by atoms with Crippen LogP contribution in [0.3, 0.4) is 0 Å². The Balaban J connectivity index is 2.10. The van der Waals surface area contributed by atoms with E-state index in [-0.39, 0.29) is 18.4 Å². The summed E-state index contributed by atoms with van der Waals surface area (Å²) in [7, 11) is 1.66. The van der Waals surface area contributed by atoms with Gasteiger partial charge in [0.25, 0.3) is 0 Å². The van der Waals surface area contributed by atoms with E-state index < -0.39 is 5.97 Å².